The van der Waals surface area contributed by atoms with E-state index in [1.54, 1.807) is 11.8 Å². The van der Waals surface area contributed by atoms with E-state index in [9.17, 15) is 19.8 Å². The van der Waals surface area contributed by atoms with Crippen LogP contribution >= 0.6 is 11.8 Å². The number of rotatable bonds is 8. The summed E-state index contributed by atoms with van der Waals surface area (Å²) in [5, 5.41) is 26.6. The second-order valence-corrected chi connectivity index (χ2v) is 12.2. The third kappa shape index (κ3) is 4.77. The molecule has 0 aromatic rings. The maximum Gasteiger partial charge on any atom is 0.326 e. The molecule has 34 heavy (non-hydrogen) atoms. The highest BCUT2D eigenvalue weighted by atomic mass is 32.2. The average molecular weight is 493 g/mol. The zero-order valence-corrected chi connectivity index (χ0v) is 21.5. The Labute approximate surface area is 207 Å². The Kier molecular flexibility index (Phi) is 7.67. The number of aliphatic hydroxyl groups is 1. The molecule has 0 unspecified atom stereocenters. The molecule has 3 saturated carbocycles. The van der Waals surface area contributed by atoms with Crippen LogP contribution in [0.15, 0.2) is 16.8 Å². The van der Waals surface area contributed by atoms with Crippen molar-refractivity contribution in [1.29, 1.82) is 0 Å². The van der Waals surface area contributed by atoms with Gasteiger partial charge in [-0.1, -0.05) is 24.6 Å². The number of carboxylic acids is 1. The van der Waals surface area contributed by atoms with E-state index < -0.39 is 17.9 Å². The molecular formula is C26H40N2O5S. The van der Waals surface area contributed by atoms with Crippen molar-refractivity contribution in [2.24, 2.45) is 33.7 Å². The molecule has 1 amide bonds. The van der Waals surface area contributed by atoms with Crippen LogP contribution in [0.1, 0.15) is 71.6 Å². The van der Waals surface area contributed by atoms with E-state index in [-0.39, 0.29) is 23.5 Å². The normalized spacial score (nSPS) is 38.8. The van der Waals surface area contributed by atoms with Gasteiger partial charge in [-0.2, -0.15) is 11.8 Å². The molecule has 0 heterocycles. The summed E-state index contributed by atoms with van der Waals surface area (Å²) >= 11 is 1.55. The van der Waals surface area contributed by atoms with Crippen LogP contribution in [0.3, 0.4) is 0 Å². The largest absolute Gasteiger partial charge is 0.480 e. The molecule has 3 fully saturated rings. The Bertz CT molecular complexity index is 860. The standard InChI is InChI=1S/C26H40N2O5S/c1-25-11-8-17(28-33-15-23(30)27-21(24(31)32)10-13-34-3)14-16(25)4-5-18-19-6-7-22(29)26(19,2)12-9-20(18)25/h14,18-22,29H,4-13,15H2,1-3H3,(H,27,30)(H,31,32)/b28-17-/t18-,19-,20-,21+,22-,25-,26-/m0/s1. The SMILES string of the molecule is CSCC[C@@H](NC(=O)CO/N=C1\C=C2CC[C@H]3[C@@H]4CC[C@H](O)[C@@]4(C)CC[C@@H]3[C@@]2(C)CC1)C(=O)O. The molecule has 7 atom stereocenters. The van der Waals surface area contributed by atoms with Crippen LogP contribution < -0.4 is 5.32 Å². The Morgan fingerprint density at radius 3 is 2.74 bits per heavy atom. The number of allylic oxidation sites excluding steroid dienone is 2. The van der Waals surface area contributed by atoms with Gasteiger partial charge in [0.1, 0.15) is 6.04 Å². The lowest BCUT2D eigenvalue weighted by Crippen LogP contribution is -2.51. The third-order valence-electron chi connectivity index (χ3n) is 9.55. The number of nitrogens with one attached hydrogen (secondary N) is 1. The molecule has 0 saturated heterocycles. The summed E-state index contributed by atoms with van der Waals surface area (Å²) in [4.78, 5) is 28.8. The number of nitrogens with zero attached hydrogens (tertiary/aromatic N) is 1. The van der Waals surface area contributed by atoms with Crippen LogP contribution in [0.25, 0.3) is 0 Å². The van der Waals surface area contributed by atoms with Crippen molar-refractivity contribution in [2.45, 2.75) is 83.8 Å². The lowest BCUT2D eigenvalue weighted by Gasteiger charge is -2.57. The molecule has 0 spiro atoms. The molecule has 8 heteroatoms. The van der Waals surface area contributed by atoms with Crippen LogP contribution in [-0.2, 0) is 14.4 Å². The van der Waals surface area contributed by atoms with Gasteiger partial charge in [-0.15, -0.1) is 0 Å². The van der Waals surface area contributed by atoms with Gasteiger partial charge in [0.15, 0.2) is 6.61 Å². The number of carboxylic acid groups (broad SMARTS) is 1. The first-order chi connectivity index (χ1) is 16.2. The lowest BCUT2D eigenvalue weighted by atomic mass is 9.47. The molecule has 4 aliphatic rings. The van der Waals surface area contributed by atoms with E-state index in [4.69, 9.17) is 4.84 Å². The predicted octanol–water partition coefficient (Wildman–Crippen LogP) is 4.01. The Balaban J connectivity index is 1.36. The van der Waals surface area contributed by atoms with Gasteiger partial charge in [-0.3, -0.25) is 4.79 Å². The number of carbonyl (C=O) groups excluding carboxylic acids is 1. The van der Waals surface area contributed by atoms with Crippen molar-refractivity contribution in [3.05, 3.63) is 11.6 Å². The highest BCUT2D eigenvalue weighted by Gasteiger charge is 2.58. The molecule has 0 aromatic carbocycles. The summed E-state index contributed by atoms with van der Waals surface area (Å²) < 4.78 is 0. The smallest absolute Gasteiger partial charge is 0.326 e. The lowest BCUT2D eigenvalue weighted by molar-refractivity contribution is -0.142. The summed E-state index contributed by atoms with van der Waals surface area (Å²) in [5.41, 5.74) is 2.61. The summed E-state index contributed by atoms with van der Waals surface area (Å²) in [6.07, 6.45) is 12.9. The molecule has 7 nitrogen and oxygen atoms in total. The van der Waals surface area contributed by atoms with Crippen LogP contribution in [-0.4, -0.2) is 58.6 Å². The number of hydrogen-bond donors (Lipinski definition) is 3. The van der Waals surface area contributed by atoms with E-state index in [0.717, 1.165) is 44.2 Å². The first-order valence-electron chi connectivity index (χ1n) is 12.8. The number of amides is 1. The Hall–Kier alpha value is -1.54. The Morgan fingerprint density at radius 1 is 1.21 bits per heavy atom. The van der Waals surface area contributed by atoms with E-state index in [0.29, 0.717) is 29.9 Å². The summed E-state index contributed by atoms with van der Waals surface area (Å²) in [6.45, 7) is 4.47. The van der Waals surface area contributed by atoms with Crippen molar-refractivity contribution in [3.8, 4) is 0 Å². The molecule has 0 bridgehead atoms. The van der Waals surface area contributed by atoms with Gasteiger partial charge in [0, 0.05) is 0 Å². The highest BCUT2D eigenvalue weighted by Crippen LogP contribution is 2.65. The van der Waals surface area contributed by atoms with Crippen LogP contribution in [0.5, 0.6) is 0 Å². The molecule has 0 aromatic heterocycles. The molecule has 4 aliphatic carbocycles. The van der Waals surface area contributed by atoms with Crippen LogP contribution in [0.4, 0.5) is 0 Å². The molecular weight excluding hydrogens is 452 g/mol. The van der Waals surface area contributed by atoms with Crippen molar-refractivity contribution >= 4 is 29.4 Å². The van der Waals surface area contributed by atoms with Gasteiger partial charge in [0.25, 0.3) is 5.91 Å². The predicted molar refractivity (Wildman–Crippen MR) is 134 cm³/mol. The molecule has 4 rings (SSSR count). The maximum atomic E-state index is 12.1. The minimum atomic E-state index is -1.03. The molecule has 0 radical (unpaired) electrons. The monoisotopic (exact) mass is 492 g/mol. The first kappa shape index (κ1) is 25.5. The van der Waals surface area contributed by atoms with Crippen LogP contribution in [0, 0.1) is 28.6 Å². The summed E-state index contributed by atoms with van der Waals surface area (Å²) in [5.74, 6) is 1.17. The fourth-order valence-corrected chi connectivity index (χ4v) is 7.99. The molecule has 3 N–H and O–H groups in total. The number of aliphatic carboxylic acids is 1. The van der Waals surface area contributed by atoms with Crippen LogP contribution in [0.2, 0.25) is 0 Å². The first-order valence-corrected chi connectivity index (χ1v) is 14.2. The van der Waals surface area contributed by atoms with E-state index >= 15 is 0 Å². The second kappa shape index (κ2) is 10.2. The maximum absolute atomic E-state index is 12.1. The minimum Gasteiger partial charge on any atom is -0.480 e. The van der Waals surface area contributed by atoms with E-state index in [1.165, 1.54) is 18.4 Å². The number of oxime groups is 1. The average Bonchev–Trinajstić information content (AvgIpc) is 3.11. The van der Waals surface area contributed by atoms with Gasteiger partial charge in [0.05, 0.1) is 11.8 Å². The quantitative estimate of drug-likeness (QED) is 0.442. The fraction of sp³-hybridized carbons (Fsp3) is 0.808. The van der Waals surface area contributed by atoms with E-state index in [1.807, 2.05) is 6.26 Å². The molecule has 0 aliphatic heterocycles. The highest BCUT2D eigenvalue weighted by molar-refractivity contribution is 7.98. The number of thioether (sulfide) groups is 1. The molecule has 190 valence electrons. The topological polar surface area (TPSA) is 108 Å². The Morgan fingerprint density at radius 2 is 2.00 bits per heavy atom. The zero-order valence-electron chi connectivity index (χ0n) is 20.7. The van der Waals surface area contributed by atoms with Gasteiger partial charge in [0.2, 0.25) is 0 Å². The van der Waals surface area contributed by atoms with Crippen molar-refractivity contribution in [1.82, 2.24) is 5.32 Å². The minimum absolute atomic E-state index is 0.101. The fourth-order valence-electron chi connectivity index (χ4n) is 7.52. The zero-order chi connectivity index (χ0) is 24.5. The van der Waals surface area contributed by atoms with Gasteiger partial charge < -0.3 is 20.4 Å². The summed E-state index contributed by atoms with van der Waals surface area (Å²) in [7, 11) is 0. The van der Waals surface area contributed by atoms with E-state index in [2.05, 4.69) is 30.4 Å². The van der Waals surface area contributed by atoms with Gasteiger partial charge in [-0.05, 0) is 104 Å². The number of hydrogen-bond acceptors (Lipinski definition) is 6. The summed E-state index contributed by atoms with van der Waals surface area (Å²) in [6, 6.07) is -0.901. The van der Waals surface area contributed by atoms with Gasteiger partial charge in [-0.25, -0.2) is 4.79 Å². The van der Waals surface area contributed by atoms with Gasteiger partial charge >= 0.3 is 5.97 Å². The van der Waals surface area contributed by atoms with Crippen molar-refractivity contribution in [2.75, 3.05) is 18.6 Å². The number of aliphatic hydroxyl groups excluding tert-OH is 1. The van der Waals surface area contributed by atoms with Crippen molar-refractivity contribution < 1.29 is 24.6 Å². The second-order valence-electron chi connectivity index (χ2n) is 11.2. The third-order valence-corrected chi connectivity index (χ3v) is 10.2. The number of carbonyl (C=O) groups is 2. The number of fused-ring (bicyclic) bond motifs is 5. The van der Waals surface area contributed by atoms with Crippen molar-refractivity contribution in [3.63, 3.8) is 0 Å².